The number of ether oxygens (including phenoxy) is 1. The van der Waals surface area contributed by atoms with Crippen molar-refractivity contribution >= 4 is 23.5 Å². The fraction of sp³-hybridized carbons (Fsp3) is 0.324. The summed E-state index contributed by atoms with van der Waals surface area (Å²) in [7, 11) is 1.74. The summed E-state index contributed by atoms with van der Waals surface area (Å²) in [5.41, 5.74) is 3.81. The number of amides is 3. The molecule has 12 nitrogen and oxygen atoms in total. The van der Waals surface area contributed by atoms with Gasteiger partial charge in [0, 0.05) is 63.5 Å². The van der Waals surface area contributed by atoms with Crippen LogP contribution in [0.1, 0.15) is 28.5 Å². The van der Waals surface area contributed by atoms with Gasteiger partial charge in [0.05, 0.1) is 25.1 Å². The number of nitrogens with zero attached hydrogens (tertiary/aromatic N) is 6. The molecule has 1 saturated heterocycles. The Kier molecular flexibility index (Phi) is 10.7. The second-order valence-electron chi connectivity index (χ2n) is 11.1. The molecule has 4 aromatic rings. The second kappa shape index (κ2) is 15.3. The Hall–Kier alpha value is -5.07. The number of aryl methyl sites for hydroxylation is 1. The number of carbonyl (C=O) groups excluding carboxylic acids is 3. The van der Waals surface area contributed by atoms with E-state index >= 15 is 0 Å². The van der Waals surface area contributed by atoms with Crippen molar-refractivity contribution in [2.45, 2.75) is 25.9 Å². The molecule has 0 spiro atoms. The van der Waals surface area contributed by atoms with Crippen molar-refractivity contribution in [3.05, 3.63) is 108 Å². The molecule has 240 valence electrons. The number of para-hydroxylation sites is 1. The maximum absolute atomic E-state index is 13.0. The lowest BCUT2D eigenvalue weighted by Gasteiger charge is -2.32. The van der Waals surface area contributed by atoms with E-state index in [4.69, 9.17) is 4.74 Å². The summed E-state index contributed by atoms with van der Waals surface area (Å²) in [6, 6.07) is 20.5. The first-order valence-corrected chi connectivity index (χ1v) is 15.4. The van der Waals surface area contributed by atoms with Gasteiger partial charge in [-0.1, -0.05) is 55.1 Å². The second-order valence-corrected chi connectivity index (χ2v) is 11.1. The molecular weight excluding hydrogens is 584 g/mol. The molecule has 2 aromatic carbocycles. The molecule has 2 aliphatic rings. The van der Waals surface area contributed by atoms with Gasteiger partial charge < -0.3 is 15.4 Å². The number of nitrogens with one attached hydrogen (secondary N) is 2. The number of carbonyl (C=O) groups is 3. The predicted octanol–water partition coefficient (Wildman–Crippen LogP) is 2.50. The average molecular weight is 625 g/mol. The van der Waals surface area contributed by atoms with Crippen LogP contribution in [-0.2, 0) is 34.3 Å². The molecule has 0 radical (unpaired) electrons. The molecule has 0 aliphatic carbocycles. The van der Waals surface area contributed by atoms with Gasteiger partial charge in [-0.15, -0.1) is 0 Å². The number of aromatic nitrogens is 4. The largest absolute Gasteiger partial charge is 0.379 e. The minimum Gasteiger partial charge on any atom is -0.379 e. The van der Waals surface area contributed by atoms with Gasteiger partial charge in [0.1, 0.15) is 17.6 Å². The normalized spacial score (nSPS) is 16.2. The zero-order valence-electron chi connectivity index (χ0n) is 26.3. The molecule has 6 rings (SSSR count). The Labute approximate surface area is 268 Å². The van der Waals surface area contributed by atoms with Crippen molar-refractivity contribution in [2.75, 3.05) is 44.3 Å². The van der Waals surface area contributed by atoms with Crippen LogP contribution in [0.3, 0.4) is 0 Å². The van der Waals surface area contributed by atoms with E-state index in [1.807, 2.05) is 67.6 Å². The van der Waals surface area contributed by atoms with Crippen LogP contribution in [0, 0.1) is 0 Å². The van der Waals surface area contributed by atoms with Crippen LogP contribution in [0.4, 0.5) is 5.82 Å². The summed E-state index contributed by atoms with van der Waals surface area (Å²) in [6.07, 6.45) is 3.85. The predicted molar refractivity (Wildman–Crippen MR) is 174 cm³/mol. The summed E-state index contributed by atoms with van der Waals surface area (Å²) in [5.74, 6) is 0.184. The fourth-order valence-corrected chi connectivity index (χ4v) is 5.36. The van der Waals surface area contributed by atoms with Gasteiger partial charge in [0.2, 0.25) is 5.91 Å². The molecule has 2 N–H and O–H groups in total. The van der Waals surface area contributed by atoms with E-state index in [-0.39, 0.29) is 17.7 Å². The molecule has 0 bridgehead atoms. The molecule has 2 aromatic heterocycles. The number of morpholine rings is 1. The number of anilines is 1. The summed E-state index contributed by atoms with van der Waals surface area (Å²) in [4.78, 5) is 41.2. The molecule has 0 saturated carbocycles. The lowest BCUT2D eigenvalue weighted by atomic mass is 10.0. The van der Waals surface area contributed by atoms with Gasteiger partial charge in [0.25, 0.3) is 11.8 Å². The quantitative estimate of drug-likeness (QED) is 0.274. The van der Waals surface area contributed by atoms with Gasteiger partial charge in [-0.25, -0.2) is 4.68 Å². The lowest BCUT2D eigenvalue weighted by molar-refractivity contribution is -0.121. The van der Waals surface area contributed by atoms with E-state index in [2.05, 4.69) is 32.3 Å². The summed E-state index contributed by atoms with van der Waals surface area (Å²) in [5, 5.41) is 14.3. The van der Waals surface area contributed by atoms with E-state index in [0.717, 1.165) is 48.9 Å². The lowest BCUT2D eigenvalue weighted by Crippen LogP contribution is -2.53. The number of hydrogen-bond donors (Lipinski definition) is 2. The highest BCUT2D eigenvalue weighted by atomic mass is 16.5. The highest BCUT2D eigenvalue weighted by Gasteiger charge is 2.36. The summed E-state index contributed by atoms with van der Waals surface area (Å²) < 4.78 is 8.60. The topological polar surface area (TPSA) is 127 Å². The molecular formula is C34H40N8O4. The monoisotopic (exact) mass is 624 g/mol. The van der Waals surface area contributed by atoms with Crippen LogP contribution in [-0.4, -0.2) is 87.6 Å². The van der Waals surface area contributed by atoms with Gasteiger partial charge in [0.15, 0.2) is 0 Å². The smallest absolute Gasteiger partial charge is 0.272 e. The molecule has 4 heterocycles. The van der Waals surface area contributed by atoms with Crippen LogP contribution in [0.5, 0.6) is 0 Å². The molecule has 3 amide bonds. The Morgan fingerprint density at radius 1 is 1.02 bits per heavy atom. The van der Waals surface area contributed by atoms with Crippen molar-refractivity contribution in [1.29, 1.82) is 0 Å². The Balaban J connectivity index is 0.000000193. The Morgan fingerprint density at radius 3 is 2.37 bits per heavy atom. The first-order valence-electron chi connectivity index (χ1n) is 15.4. The highest BCUT2D eigenvalue weighted by Crippen LogP contribution is 2.30. The highest BCUT2D eigenvalue weighted by molar-refractivity contribution is 6.03. The number of hydrogen-bond acceptors (Lipinski definition) is 7. The number of benzene rings is 2. The third-order valence-electron chi connectivity index (χ3n) is 7.76. The SMILES string of the molecule is C=C(CN1CCOCC1)C(=O)NCc1ccccc1.CCN1C(=O)C(NC(=O)c2ccn(C)n2)Cc2cnn(-c3ccccc3)c21. The minimum atomic E-state index is -0.639. The van der Waals surface area contributed by atoms with Crippen LogP contribution < -0.4 is 15.5 Å². The van der Waals surface area contributed by atoms with Crippen LogP contribution in [0.15, 0.2) is 91.3 Å². The van der Waals surface area contributed by atoms with E-state index in [1.165, 1.54) is 0 Å². The Bertz CT molecular complexity index is 1640. The van der Waals surface area contributed by atoms with Crippen molar-refractivity contribution in [3.63, 3.8) is 0 Å². The van der Waals surface area contributed by atoms with E-state index < -0.39 is 6.04 Å². The molecule has 46 heavy (non-hydrogen) atoms. The number of likely N-dealkylation sites (N-methyl/N-ethyl adjacent to an activating group) is 1. The van der Waals surface area contributed by atoms with Gasteiger partial charge >= 0.3 is 0 Å². The van der Waals surface area contributed by atoms with E-state index in [1.54, 1.807) is 39.8 Å². The molecule has 1 unspecified atom stereocenters. The van der Waals surface area contributed by atoms with Gasteiger partial charge in [-0.05, 0) is 30.7 Å². The molecule has 1 atom stereocenters. The third kappa shape index (κ3) is 7.95. The van der Waals surface area contributed by atoms with Crippen molar-refractivity contribution < 1.29 is 19.1 Å². The fourth-order valence-electron chi connectivity index (χ4n) is 5.36. The molecule has 12 heteroatoms. The number of rotatable bonds is 9. The van der Waals surface area contributed by atoms with Crippen LogP contribution in [0.25, 0.3) is 5.69 Å². The average Bonchev–Trinajstić information content (AvgIpc) is 3.72. The first-order chi connectivity index (χ1) is 22.3. The van der Waals surface area contributed by atoms with Crippen molar-refractivity contribution in [1.82, 2.24) is 35.1 Å². The van der Waals surface area contributed by atoms with Crippen molar-refractivity contribution in [2.24, 2.45) is 7.05 Å². The number of fused-ring (bicyclic) bond motifs is 1. The minimum absolute atomic E-state index is 0.0738. The molecule has 1 fully saturated rings. The van der Waals surface area contributed by atoms with E-state index in [0.29, 0.717) is 37.3 Å². The van der Waals surface area contributed by atoms with Crippen LogP contribution >= 0.6 is 0 Å². The maximum atomic E-state index is 13.0. The zero-order chi connectivity index (χ0) is 32.5. The van der Waals surface area contributed by atoms with Crippen molar-refractivity contribution in [3.8, 4) is 5.69 Å². The zero-order valence-corrected chi connectivity index (χ0v) is 26.3. The molecule has 2 aliphatic heterocycles. The maximum Gasteiger partial charge on any atom is 0.272 e. The summed E-state index contributed by atoms with van der Waals surface area (Å²) >= 11 is 0. The standard InChI is InChI=1S/C19H20N6O2.C15H20N2O2/c1-3-24-18-13(12-20-25(18)14-7-5-4-6-8-14)11-16(19(24)27)21-17(26)15-9-10-23(2)22-15;1-13(12-17-7-9-19-10-8-17)15(18)16-11-14-5-3-2-4-6-14/h4-10,12,16H,3,11H2,1-2H3,(H,21,26);2-6H,1,7-12H2,(H,16,18). The first kappa shape index (κ1) is 32.3. The van der Waals surface area contributed by atoms with Gasteiger partial charge in [-0.3, -0.25) is 28.9 Å². The summed E-state index contributed by atoms with van der Waals surface area (Å²) in [6.45, 7) is 10.6. The van der Waals surface area contributed by atoms with E-state index in [9.17, 15) is 14.4 Å². The van der Waals surface area contributed by atoms with Gasteiger partial charge in [-0.2, -0.15) is 10.2 Å². The third-order valence-corrected chi connectivity index (χ3v) is 7.76. The Morgan fingerprint density at radius 2 is 1.72 bits per heavy atom. The van der Waals surface area contributed by atoms with Crippen LogP contribution in [0.2, 0.25) is 0 Å².